The Morgan fingerprint density at radius 1 is 1.33 bits per heavy atom. The Balaban J connectivity index is 2.73. The van der Waals surface area contributed by atoms with Gasteiger partial charge in [-0.05, 0) is 43.3 Å². The minimum Gasteiger partial charge on any atom is -0.399 e. The van der Waals surface area contributed by atoms with E-state index >= 15 is 0 Å². The van der Waals surface area contributed by atoms with Gasteiger partial charge >= 0.3 is 0 Å². The van der Waals surface area contributed by atoms with Gasteiger partial charge in [-0.2, -0.15) is 0 Å². The van der Waals surface area contributed by atoms with E-state index in [1.54, 1.807) is 0 Å². The summed E-state index contributed by atoms with van der Waals surface area (Å²) >= 11 is 3.56. The molecule has 0 spiro atoms. The fourth-order valence-electron chi connectivity index (χ4n) is 1.62. The Labute approximate surface area is 101 Å². The van der Waals surface area contributed by atoms with E-state index in [1.165, 1.54) is 12.0 Å². The van der Waals surface area contributed by atoms with Gasteiger partial charge in [-0.3, -0.25) is 4.90 Å². The molecule has 0 bridgehead atoms. The van der Waals surface area contributed by atoms with Crippen LogP contribution in [0.1, 0.15) is 25.8 Å². The number of nitrogen functional groups attached to an aromatic ring is 1. The van der Waals surface area contributed by atoms with Crippen LogP contribution < -0.4 is 5.73 Å². The Kier molecular flexibility index (Phi) is 5.12. The standard InChI is InChI=1S/C12H19BrN2/c1-3-7-15(4-2)9-10-8-11(14)5-6-12(10)13/h5-6,8H,3-4,7,9,14H2,1-2H3. The molecular weight excluding hydrogens is 252 g/mol. The zero-order valence-electron chi connectivity index (χ0n) is 9.46. The van der Waals surface area contributed by atoms with Crippen molar-refractivity contribution in [3.63, 3.8) is 0 Å². The number of hydrogen-bond donors (Lipinski definition) is 1. The van der Waals surface area contributed by atoms with Crippen LogP contribution in [0.25, 0.3) is 0 Å². The molecule has 1 rings (SSSR count). The van der Waals surface area contributed by atoms with Crippen molar-refractivity contribution in [1.29, 1.82) is 0 Å². The first kappa shape index (κ1) is 12.5. The van der Waals surface area contributed by atoms with Crippen molar-refractivity contribution in [2.45, 2.75) is 26.8 Å². The van der Waals surface area contributed by atoms with Crippen LogP contribution in [0.4, 0.5) is 5.69 Å². The predicted molar refractivity (Wildman–Crippen MR) is 69.8 cm³/mol. The second-order valence-electron chi connectivity index (χ2n) is 3.72. The van der Waals surface area contributed by atoms with Crippen molar-refractivity contribution in [1.82, 2.24) is 4.90 Å². The highest BCUT2D eigenvalue weighted by atomic mass is 79.9. The van der Waals surface area contributed by atoms with Gasteiger partial charge in [0.2, 0.25) is 0 Å². The van der Waals surface area contributed by atoms with Crippen LogP contribution >= 0.6 is 15.9 Å². The minimum absolute atomic E-state index is 0.834. The molecular formula is C12H19BrN2. The highest BCUT2D eigenvalue weighted by Gasteiger charge is 2.05. The maximum absolute atomic E-state index is 5.78. The van der Waals surface area contributed by atoms with Crippen molar-refractivity contribution >= 4 is 21.6 Å². The number of nitrogens with zero attached hydrogens (tertiary/aromatic N) is 1. The number of anilines is 1. The van der Waals surface area contributed by atoms with Gasteiger partial charge in [0.25, 0.3) is 0 Å². The van der Waals surface area contributed by atoms with Gasteiger partial charge in [-0.15, -0.1) is 0 Å². The van der Waals surface area contributed by atoms with Gasteiger partial charge in [-0.1, -0.05) is 29.8 Å². The second kappa shape index (κ2) is 6.13. The first-order valence-corrected chi connectivity index (χ1v) is 6.23. The predicted octanol–water partition coefficient (Wildman–Crippen LogP) is 3.26. The summed E-state index contributed by atoms with van der Waals surface area (Å²) in [6.45, 7) is 7.58. The quantitative estimate of drug-likeness (QED) is 0.833. The summed E-state index contributed by atoms with van der Waals surface area (Å²) in [5.74, 6) is 0. The molecule has 2 nitrogen and oxygen atoms in total. The van der Waals surface area contributed by atoms with Gasteiger partial charge in [0, 0.05) is 16.7 Å². The molecule has 0 saturated heterocycles. The molecule has 3 heteroatoms. The fraction of sp³-hybridized carbons (Fsp3) is 0.500. The van der Waals surface area contributed by atoms with E-state index in [0.29, 0.717) is 0 Å². The van der Waals surface area contributed by atoms with Crippen LogP contribution in [0.3, 0.4) is 0 Å². The molecule has 0 aliphatic heterocycles. The van der Waals surface area contributed by atoms with E-state index in [0.717, 1.165) is 29.8 Å². The van der Waals surface area contributed by atoms with E-state index in [1.807, 2.05) is 18.2 Å². The lowest BCUT2D eigenvalue weighted by atomic mass is 10.2. The normalized spacial score (nSPS) is 10.9. The van der Waals surface area contributed by atoms with E-state index in [9.17, 15) is 0 Å². The van der Waals surface area contributed by atoms with Gasteiger partial charge in [-0.25, -0.2) is 0 Å². The summed E-state index contributed by atoms with van der Waals surface area (Å²) in [7, 11) is 0. The highest BCUT2D eigenvalue weighted by molar-refractivity contribution is 9.10. The lowest BCUT2D eigenvalue weighted by Crippen LogP contribution is -2.23. The van der Waals surface area contributed by atoms with Crippen LogP contribution in [0.5, 0.6) is 0 Å². The Morgan fingerprint density at radius 3 is 2.67 bits per heavy atom. The van der Waals surface area contributed by atoms with Gasteiger partial charge < -0.3 is 5.73 Å². The SMILES string of the molecule is CCCN(CC)Cc1cc(N)ccc1Br. The van der Waals surface area contributed by atoms with E-state index < -0.39 is 0 Å². The number of halogens is 1. The summed E-state index contributed by atoms with van der Waals surface area (Å²) in [6, 6.07) is 5.98. The first-order valence-electron chi connectivity index (χ1n) is 5.43. The molecule has 1 aromatic carbocycles. The molecule has 84 valence electrons. The van der Waals surface area contributed by atoms with Crippen molar-refractivity contribution in [2.75, 3.05) is 18.8 Å². The highest BCUT2D eigenvalue weighted by Crippen LogP contribution is 2.21. The molecule has 0 heterocycles. The molecule has 0 fully saturated rings. The van der Waals surface area contributed by atoms with Crippen LogP contribution in [-0.4, -0.2) is 18.0 Å². The lowest BCUT2D eigenvalue weighted by molar-refractivity contribution is 0.280. The van der Waals surface area contributed by atoms with Crippen LogP contribution in [0.2, 0.25) is 0 Å². The zero-order chi connectivity index (χ0) is 11.3. The molecule has 0 aliphatic carbocycles. The minimum atomic E-state index is 0.834. The first-order chi connectivity index (χ1) is 7.17. The largest absolute Gasteiger partial charge is 0.399 e. The third kappa shape index (κ3) is 3.84. The monoisotopic (exact) mass is 270 g/mol. The van der Waals surface area contributed by atoms with Crippen molar-refractivity contribution < 1.29 is 0 Å². The zero-order valence-corrected chi connectivity index (χ0v) is 11.0. The molecule has 0 aliphatic rings. The summed E-state index contributed by atoms with van der Waals surface area (Å²) in [5.41, 5.74) is 7.88. The second-order valence-corrected chi connectivity index (χ2v) is 4.57. The lowest BCUT2D eigenvalue weighted by Gasteiger charge is -2.20. The number of benzene rings is 1. The topological polar surface area (TPSA) is 29.3 Å². The molecule has 0 saturated carbocycles. The van der Waals surface area contributed by atoms with Gasteiger partial charge in [0.15, 0.2) is 0 Å². The molecule has 1 aromatic rings. The van der Waals surface area contributed by atoms with Crippen LogP contribution in [-0.2, 0) is 6.54 Å². The number of nitrogens with two attached hydrogens (primary N) is 1. The molecule has 0 unspecified atom stereocenters. The van der Waals surface area contributed by atoms with Crippen molar-refractivity contribution in [3.8, 4) is 0 Å². The van der Waals surface area contributed by atoms with E-state index in [-0.39, 0.29) is 0 Å². The maximum Gasteiger partial charge on any atom is 0.0318 e. The Hall–Kier alpha value is -0.540. The third-order valence-corrected chi connectivity index (χ3v) is 3.22. The molecule has 2 N–H and O–H groups in total. The fourth-order valence-corrected chi connectivity index (χ4v) is 1.99. The average Bonchev–Trinajstić information content (AvgIpc) is 2.22. The summed E-state index contributed by atoms with van der Waals surface area (Å²) in [5, 5.41) is 0. The maximum atomic E-state index is 5.78. The van der Waals surface area contributed by atoms with Crippen molar-refractivity contribution in [3.05, 3.63) is 28.2 Å². The average molecular weight is 271 g/mol. The summed E-state index contributed by atoms with van der Waals surface area (Å²) < 4.78 is 1.14. The van der Waals surface area contributed by atoms with E-state index in [4.69, 9.17) is 5.73 Å². The summed E-state index contributed by atoms with van der Waals surface area (Å²) in [4.78, 5) is 2.42. The Bertz CT molecular complexity index is 312. The van der Waals surface area contributed by atoms with Crippen LogP contribution in [0, 0.1) is 0 Å². The molecule has 0 aromatic heterocycles. The molecule has 0 amide bonds. The smallest absolute Gasteiger partial charge is 0.0318 e. The third-order valence-electron chi connectivity index (χ3n) is 2.45. The number of rotatable bonds is 5. The van der Waals surface area contributed by atoms with Gasteiger partial charge in [0.05, 0.1) is 0 Å². The van der Waals surface area contributed by atoms with Gasteiger partial charge in [0.1, 0.15) is 0 Å². The molecule has 0 radical (unpaired) electrons. The molecule has 15 heavy (non-hydrogen) atoms. The van der Waals surface area contributed by atoms with E-state index in [2.05, 4.69) is 34.7 Å². The Morgan fingerprint density at radius 2 is 2.07 bits per heavy atom. The summed E-state index contributed by atoms with van der Waals surface area (Å²) in [6.07, 6.45) is 1.19. The number of hydrogen-bond acceptors (Lipinski definition) is 2. The van der Waals surface area contributed by atoms with Crippen LogP contribution in [0.15, 0.2) is 22.7 Å². The van der Waals surface area contributed by atoms with Crippen molar-refractivity contribution in [2.24, 2.45) is 0 Å². The molecule has 0 atom stereocenters.